The van der Waals surface area contributed by atoms with E-state index in [-0.39, 0.29) is 18.2 Å². The maximum absolute atomic E-state index is 10.1. The van der Waals surface area contributed by atoms with Gasteiger partial charge in [0.05, 0.1) is 19.3 Å². The van der Waals surface area contributed by atoms with Gasteiger partial charge in [-0.3, -0.25) is 0 Å². The van der Waals surface area contributed by atoms with Crippen LogP contribution >= 0.6 is 0 Å². The van der Waals surface area contributed by atoms with Crippen molar-refractivity contribution in [3.8, 4) is 5.75 Å². The standard InChI is InChI=1S/C17H23NO3/c1-11(18-13-7-3-4-8-14(13)19)16-10-12-6-5-9-15(20-2)17(12)21-16/h5-6,9-11,13-14,18-19H,3-4,7-8H2,1-2H3/t11?,13-,14-/m1/s1. The molecule has 0 radical (unpaired) electrons. The Hall–Kier alpha value is -1.52. The zero-order valence-corrected chi connectivity index (χ0v) is 12.6. The average molecular weight is 289 g/mol. The fourth-order valence-corrected chi connectivity index (χ4v) is 3.14. The Morgan fingerprint density at radius 2 is 2.14 bits per heavy atom. The van der Waals surface area contributed by atoms with Crippen molar-refractivity contribution in [3.63, 3.8) is 0 Å². The number of nitrogens with one attached hydrogen (secondary N) is 1. The third-order valence-electron chi connectivity index (χ3n) is 4.37. The zero-order valence-electron chi connectivity index (χ0n) is 12.6. The van der Waals surface area contributed by atoms with Gasteiger partial charge in [-0.15, -0.1) is 0 Å². The highest BCUT2D eigenvalue weighted by Gasteiger charge is 2.25. The van der Waals surface area contributed by atoms with Gasteiger partial charge in [-0.25, -0.2) is 0 Å². The Balaban J connectivity index is 1.79. The van der Waals surface area contributed by atoms with E-state index in [9.17, 15) is 5.11 Å². The molecule has 1 fully saturated rings. The first-order valence-corrected chi connectivity index (χ1v) is 7.69. The van der Waals surface area contributed by atoms with Crippen LogP contribution in [0.5, 0.6) is 5.75 Å². The van der Waals surface area contributed by atoms with E-state index in [1.165, 1.54) is 6.42 Å². The van der Waals surface area contributed by atoms with Crippen LogP contribution in [0.4, 0.5) is 0 Å². The number of hydrogen-bond donors (Lipinski definition) is 2. The number of fused-ring (bicyclic) bond motifs is 1. The zero-order chi connectivity index (χ0) is 14.8. The van der Waals surface area contributed by atoms with E-state index in [0.29, 0.717) is 0 Å². The summed E-state index contributed by atoms with van der Waals surface area (Å²) in [5.41, 5.74) is 0.785. The second-order valence-corrected chi connectivity index (χ2v) is 5.87. The van der Waals surface area contributed by atoms with Crippen molar-refractivity contribution in [1.82, 2.24) is 5.32 Å². The molecule has 1 aromatic carbocycles. The van der Waals surface area contributed by atoms with Crippen molar-refractivity contribution < 1.29 is 14.3 Å². The molecule has 3 rings (SSSR count). The van der Waals surface area contributed by atoms with Crippen molar-refractivity contribution in [1.29, 1.82) is 0 Å². The Morgan fingerprint density at radius 3 is 2.90 bits per heavy atom. The Kier molecular flexibility index (Phi) is 4.17. The largest absolute Gasteiger partial charge is 0.493 e. The predicted octanol–water partition coefficient (Wildman–Crippen LogP) is 3.40. The van der Waals surface area contributed by atoms with Crippen molar-refractivity contribution in [3.05, 3.63) is 30.0 Å². The van der Waals surface area contributed by atoms with E-state index in [2.05, 4.69) is 12.2 Å². The summed E-state index contributed by atoms with van der Waals surface area (Å²) in [6.45, 7) is 2.07. The Morgan fingerprint density at radius 1 is 1.33 bits per heavy atom. The first kappa shape index (κ1) is 14.4. The van der Waals surface area contributed by atoms with Gasteiger partial charge in [-0.05, 0) is 31.9 Å². The molecule has 21 heavy (non-hydrogen) atoms. The number of rotatable bonds is 4. The molecule has 0 saturated heterocycles. The topological polar surface area (TPSA) is 54.6 Å². The minimum atomic E-state index is -0.250. The molecule has 3 atom stereocenters. The van der Waals surface area contributed by atoms with E-state index in [1.807, 2.05) is 24.3 Å². The molecule has 114 valence electrons. The summed E-state index contributed by atoms with van der Waals surface area (Å²) in [5, 5.41) is 14.6. The summed E-state index contributed by atoms with van der Waals surface area (Å²) in [4.78, 5) is 0. The molecule has 0 aliphatic heterocycles. The molecule has 1 saturated carbocycles. The number of benzene rings is 1. The number of aliphatic hydroxyl groups excluding tert-OH is 1. The van der Waals surface area contributed by atoms with Crippen LogP contribution in [0.3, 0.4) is 0 Å². The van der Waals surface area contributed by atoms with Gasteiger partial charge in [0.25, 0.3) is 0 Å². The second kappa shape index (κ2) is 6.08. The lowest BCUT2D eigenvalue weighted by atomic mass is 9.92. The van der Waals surface area contributed by atoms with Crippen LogP contribution in [0.1, 0.15) is 44.4 Å². The van der Waals surface area contributed by atoms with Gasteiger partial charge >= 0.3 is 0 Å². The van der Waals surface area contributed by atoms with Gasteiger partial charge in [-0.1, -0.05) is 25.0 Å². The van der Waals surface area contributed by atoms with Gasteiger partial charge in [0.15, 0.2) is 11.3 Å². The lowest BCUT2D eigenvalue weighted by Crippen LogP contribution is -2.43. The number of para-hydroxylation sites is 1. The van der Waals surface area contributed by atoms with Crippen molar-refractivity contribution in [2.24, 2.45) is 0 Å². The minimum absolute atomic E-state index is 0.0693. The molecule has 1 unspecified atom stereocenters. The summed E-state index contributed by atoms with van der Waals surface area (Å²) in [5.74, 6) is 1.64. The Bertz CT molecular complexity index is 607. The van der Waals surface area contributed by atoms with Crippen molar-refractivity contribution in [2.75, 3.05) is 7.11 Å². The van der Waals surface area contributed by atoms with Gasteiger partial charge in [0.1, 0.15) is 5.76 Å². The molecular weight excluding hydrogens is 266 g/mol. The monoisotopic (exact) mass is 289 g/mol. The lowest BCUT2D eigenvalue weighted by Gasteiger charge is -2.30. The molecular formula is C17H23NO3. The molecule has 0 bridgehead atoms. The fourth-order valence-electron chi connectivity index (χ4n) is 3.14. The van der Waals surface area contributed by atoms with Crippen LogP contribution in [0.2, 0.25) is 0 Å². The number of aliphatic hydroxyl groups is 1. The van der Waals surface area contributed by atoms with E-state index in [0.717, 1.165) is 41.7 Å². The number of methoxy groups -OCH3 is 1. The lowest BCUT2D eigenvalue weighted by molar-refractivity contribution is 0.0846. The smallest absolute Gasteiger partial charge is 0.176 e. The molecule has 0 spiro atoms. The van der Waals surface area contributed by atoms with E-state index >= 15 is 0 Å². The summed E-state index contributed by atoms with van der Waals surface area (Å²) in [6.07, 6.45) is 3.96. The van der Waals surface area contributed by atoms with Gasteiger partial charge in [0.2, 0.25) is 0 Å². The average Bonchev–Trinajstić information content (AvgIpc) is 2.93. The molecule has 2 aromatic rings. The van der Waals surface area contributed by atoms with Gasteiger partial charge < -0.3 is 19.6 Å². The normalized spacial score (nSPS) is 24.1. The maximum atomic E-state index is 10.1. The number of furan rings is 1. The SMILES string of the molecule is COc1cccc2cc(C(C)N[C@@H]3CCCC[C@H]3O)oc12. The van der Waals surface area contributed by atoms with Crippen LogP contribution in [-0.4, -0.2) is 24.4 Å². The van der Waals surface area contributed by atoms with Crippen LogP contribution in [0.15, 0.2) is 28.7 Å². The van der Waals surface area contributed by atoms with Crippen molar-refractivity contribution in [2.45, 2.75) is 50.8 Å². The van der Waals surface area contributed by atoms with Crippen LogP contribution < -0.4 is 10.1 Å². The van der Waals surface area contributed by atoms with E-state index in [1.54, 1.807) is 7.11 Å². The third kappa shape index (κ3) is 2.92. The molecule has 1 aromatic heterocycles. The maximum Gasteiger partial charge on any atom is 0.176 e. The van der Waals surface area contributed by atoms with E-state index < -0.39 is 0 Å². The third-order valence-corrected chi connectivity index (χ3v) is 4.37. The molecule has 4 nitrogen and oxygen atoms in total. The fraction of sp³-hybridized carbons (Fsp3) is 0.529. The minimum Gasteiger partial charge on any atom is -0.493 e. The summed E-state index contributed by atoms with van der Waals surface area (Å²) < 4.78 is 11.3. The van der Waals surface area contributed by atoms with Gasteiger partial charge in [0, 0.05) is 11.4 Å². The molecule has 1 heterocycles. The summed E-state index contributed by atoms with van der Waals surface area (Å²) >= 11 is 0. The molecule has 1 aliphatic carbocycles. The van der Waals surface area contributed by atoms with Crippen LogP contribution in [0.25, 0.3) is 11.0 Å². The van der Waals surface area contributed by atoms with E-state index in [4.69, 9.17) is 9.15 Å². The second-order valence-electron chi connectivity index (χ2n) is 5.87. The highest BCUT2D eigenvalue weighted by atomic mass is 16.5. The molecule has 0 amide bonds. The Labute approximate surface area is 125 Å². The molecule has 1 aliphatic rings. The first-order valence-electron chi connectivity index (χ1n) is 7.69. The first-order chi connectivity index (χ1) is 10.2. The molecule has 4 heteroatoms. The van der Waals surface area contributed by atoms with Gasteiger partial charge in [-0.2, -0.15) is 0 Å². The van der Waals surface area contributed by atoms with Crippen LogP contribution in [-0.2, 0) is 0 Å². The van der Waals surface area contributed by atoms with Crippen molar-refractivity contribution >= 4 is 11.0 Å². The quantitative estimate of drug-likeness (QED) is 0.906. The predicted molar refractivity (Wildman–Crippen MR) is 82.6 cm³/mol. The van der Waals surface area contributed by atoms with Crippen LogP contribution in [0, 0.1) is 0 Å². The summed E-state index contributed by atoms with van der Waals surface area (Å²) in [6, 6.07) is 8.16. The highest BCUT2D eigenvalue weighted by molar-refractivity contribution is 5.83. The molecule has 2 N–H and O–H groups in total. The summed E-state index contributed by atoms with van der Waals surface area (Å²) in [7, 11) is 1.65. The highest BCUT2D eigenvalue weighted by Crippen LogP contribution is 2.31. The number of hydrogen-bond acceptors (Lipinski definition) is 4. The number of ether oxygens (including phenoxy) is 1.